The summed E-state index contributed by atoms with van der Waals surface area (Å²) in [5, 5.41) is 0. The van der Waals surface area contributed by atoms with Crippen LogP contribution in [0.15, 0.2) is 24.3 Å². The Labute approximate surface area is 75.4 Å². The van der Waals surface area contributed by atoms with Gasteiger partial charge in [-0.15, -0.1) is 0 Å². The normalized spacial score (nSPS) is 8.38. The molecule has 0 aromatic heterocycles. The highest BCUT2D eigenvalue weighted by atomic mass is 16.5. The van der Waals surface area contributed by atoms with Crippen molar-refractivity contribution in [3.8, 4) is 5.75 Å². The van der Waals surface area contributed by atoms with E-state index in [1.54, 1.807) is 24.3 Å². The lowest BCUT2D eigenvalue weighted by Gasteiger charge is -2.02. The Balaban J connectivity index is 0.00000144. The van der Waals surface area contributed by atoms with Gasteiger partial charge in [0.1, 0.15) is 5.75 Å². The molecule has 4 nitrogen and oxygen atoms in total. The molecular formula is C9H10O4. The highest BCUT2D eigenvalue weighted by molar-refractivity contribution is 6.34. The first-order valence-electron chi connectivity index (χ1n) is 3.42. The van der Waals surface area contributed by atoms with Gasteiger partial charge in [-0.25, -0.2) is 0 Å². The van der Waals surface area contributed by atoms with Crippen LogP contribution in [0.2, 0.25) is 0 Å². The molecule has 0 aliphatic heterocycles. The third-order valence-corrected chi connectivity index (χ3v) is 1.48. The van der Waals surface area contributed by atoms with Gasteiger partial charge in [0.15, 0.2) is 6.29 Å². The Morgan fingerprint density at radius 3 is 2.54 bits per heavy atom. The highest BCUT2D eigenvalue weighted by Crippen LogP contribution is 2.16. The van der Waals surface area contributed by atoms with Crippen LogP contribution in [0.4, 0.5) is 0 Å². The van der Waals surface area contributed by atoms with E-state index in [0.717, 1.165) is 0 Å². The van der Waals surface area contributed by atoms with Crippen molar-refractivity contribution in [2.24, 2.45) is 0 Å². The van der Waals surface area contributed by atoms with Gasteiger partial charge in [0.05, 0.1) is 12.7 Å². The third-order valence-electron chi connectivity index (χ3n) is 1.48. The summed E-state index contributed by atoms with van der Waals surface area (Å²) in [5.74, 6) is -0.137. The van der Waals surface area contributed by atoms with Gasteiger partial charge in [0.2, 0.25) is 5.78 Å². The van der Waals surface area contributed by atoms with Gasteiger partial charge in [-0.3, -0.25) is 9.59 Å². The van der Waals surface area contributed by atoms with E-state index in [-0.39, 0.29) is 11.8 Å². The van der Waals surface area contributed by atoms with Gasteiger partial charge < -0.3 is 10.2 Å². The van der Waals surface area contributed by atoms with E-state index >= 15 is 0 Å². The molecule has 0 radical (unpaired) electrons. The smallest absolute Gasteiger partial charge is 0.229 e. The number of rotatable bonds is 3. The molecule has 0 spiro atoms. The predicted octanol–water partition coefficient (Wildman–Crippen LogP) is 0.252. The SMILES string of the molecule is COc1ccccc1C(=O)C=O.O. The second-order valence-electron chi connectivity index (χ2n) is 2.18. The van der Waals surface area contributed by atoms with E-state index in [0.29, 0.717) is 11.3 Å². The second-order valence-corrected chi connectivity index (χ2v) is 2.18. The van der Waals surface area contributed by atoms with E-state index in [1.807, 2.05) is 0 Å². The number of ether oxygens (including phenoxy) is 1. The molecule has 0 saturated carbocycles. The van der Waals surface area contributed by atoms with Crippen LogP contribution in [0.5, 0.6) is 5.75 Å². The Morgan fingerprint density at radius 2 is 2.00 bits per heavy atom. The van der Waals surface area contributed by atoms with E-state index in [4.69, 9.17) is 4.74 Å². The van der Waals surface area contributed by atoms with E-state index in [9.17, 15) is 9.59 Å². The Hall–Kier alpha value is -1.68. The topological polar surface area (TPSA) is 74.9 Å². The van der Waals surface area contributed by atoms with Crippen LogP contribution in [0, 0.1) is 0 Å². The lowest BCUT2D eigenvalue weighted by molar-refractivity contribution is -0.104. The van der Waals surface area contributed by atoms with Crippen molar-refractivity contribution in [3.63, 3.8) is 0 Å². The number of benzene rings is 1. The summed E-state index contributed by atoms with van der Waals surface area (Å²) in [6.07, 6.45) is 0.276. The van der Waals surface area contributed by atoms with Crippen LogP contribution in [-0.2, 0) is 4.79 Å². The van der Waals surface area contributed by atoms with Crippen molar-refractivity contribution < 1.29 is 19.8 Å². The summed E-state index contributed by atoms with van der Waals surface area (Å²) in [6.45, 7) is 0. The number of hydrogen-bond acceptors (Lipinski definition) is 3. The zero-order valence-corrected chi connectivity index (χ0v) is 7.11. The van der Waals surface area contributed by atoms with Crippen LogP contribution < -0.4 is 4.74 Å². The zero-order chi connectivity index (χ0) is 8.97. The van der Waals surface area contributed by atoms with Crippen LogP contribution in [-0.4, -0.2) is 24.7 Å². The van der Waals surface area contributed by atoms with Crippen LogP contribution >= 0.6 is 0 Å². The Bertz CT molecular complexity index is 306. The minimum absolute atomic E-state index is 0. The maximum atomic E-state index is 10.9. The molecule has 0 unspecified atom stereocenters. The molecule has 0 atom stereocenters. The standard InChI is InChI=1S/C9H8O3.H2O/c1-12-9-5-3-2-4-7(9)8(11)6-10;/h2-6H,1H3;1H2. The molecule has 0 amide bonds. The number of para-hydroxylation sites is 1. The minimum Gasteiger partial charge on any atom is -0.496 e. The molecule has 0 saturated heterocycles. The van der Waals surface area contributed by atoms with Crippen LogP contribution in [0.3, 0.4) is 0 Å². The summed E-state index contributed by atoms with van der Waals surface area (Å²) in [5.41, 5.74) is 0.301. The van der Waals surface area contributed by atoms with E-state index in [1.165, 1.54) is 7.11 Å². The quantitative estimate of drug-likeness (QED) is 0.382. The third kappa shape index (κ3) is 2.38. The van der Waals surface area contributed by atoms with Crippen molar-refractivity contribution >= 4 is 12.1 Å². The average Bonchev–Trinajstić information content (AvgIpc) is 2.16. The molecule has 4 heteroatoms. The van der Waals surface area contributed by atoms with Gasteiger partial charge in [-0.2, -0.15) is 0 Å². The summed E-state index contributed by atoms with van der Waals surface area (Å²) in [6, 6.07) is 6.60. The fourth-order valence-electron chi connectivity index (χ4n) is 0.912. The van der Waals surface area contributed by atoms with Crippen molar-refractivity contribution in [1.82, 2.24) is 0 Å². The zero-order valence-electron chi connectivity index (χ0n) is 7.11. The molecule has 0 heterocycles. The number of ketones is 1. The summed E-state index contributed by atoms with van der Waals surface area (Å²) >= 11 is 0. The van der Waals surface area contributed by atoms with Crippen LogP contribution in [0.25, 0.3) is 0 Å². The monoisotopic (exact) mass is 182 g/mol. The molecule has 0 bridgehead atoms. The largest absolute Gasteiger partial charge is 0.496 e. The molecule has 1 aromatic carbocycles. The van der Waals surface area contributed by atoms with Crippen molar-refractivity contribution in [1.29, 1.82) is 0 Å². The molecule has 2 N–H and O–H groups in total. The number of Topliss-reactive ketones (excluding diaryl/α,β-unsaturated/α-hetero) is 1. The highest BCUT2D eigenvalue weighted by Gasteiger charge is 2.08. The number of methoxy groups -OCH3 is 1. The maximum absolute atomic E-state index is 10.9. The Kier molecular flexibility index (Phi) is 4.40. The van der Waals surface area contributed by atoms with Gasteiger partial charge in [-0.1, -0.05) is 12.1 Å². The van der Waals surface area contributed by atoms with Crippen molar-refractivity contribution in [3.05, 3.63) is 29.8 Å². The predicted molar refractivity (Wildman–Crippen MR) is 47.0 cm³/mol. The van der Waals surface area contributed by atoms with Gasteiger partial charge in [0, 0.05) is 0 Å². The number of hydrogen-bond donors (Lipinski definition) is 0. The lowest BCUT2D eigenvalue weighted by atomic mass is 10.1. The summed E-state index contributed by atoms with van der Waals surface area (Å²) in [7, 11) is 1.46. The molecule has 1 aromatic rings. The van der Waals surface area contributed by atoms with E-state index in [2.05, 4.69) is 0 Å². The molecule has 13 heavy (non-hydrogen) atoms. The molecule has 0 fully saturated rings. The van der Waals surface area contributed by atoms with E-state index < -0.39 is 5.78 Å². The molecule has 0 aliphatic rings. The van der Waals surface area contributed by atoms with Crippen molar-refractivity contribution in [2.75, 3.05) is 7.11 Å². The fraction of sp³-hybridized carbons (Fsp3) is 0.111. The van der Waals surface area contributed by atoms with Crippen molar-refractivity contribution in [2.45, 2.75) is 0 Å². The molecular weight excluding hydrogens is 172 g/mol. The summed E-state index contributed by atoms with van der Waals surface area (Å²) in [4.78, 5) is 21.1. The fourth-order valence-corrected chi connectivity index (χ4v) is 0.912. The Morgan fingerprint density at radius 1 is 1.38 bits per heavy atom. The first-order valence-corrected chi connectivity index (χ1v) is 3.42. The first kappa shape index (κ1) is 11.3. The molecule has 70 valence electrons. The lowest BCUT2D eigenvalue weighted by Crippen LogP contribution is -2.02. The first-order chi connectivity index (χ1) is 5.79. The van der Waals surface area contributed by atoms with Gasteiger partial charge in [0.25, 0.3) is 0 Å². The minimum atomic E-state index is -0.563. The molecule has 1 rings (SSSR count). The summed E-state index contributed by atoms with van der Waals surface area (Å²) < 4.78 is 4.89. The average molecular weight is 182 g/mol. The van der Waals surface area contributed by atoms with Gasteiger partial charge in [-0.05, 0) is 12.1 Å². The maximum Gasteiger partial charge on any atom is 0.229 e. The van der Waals surface area contributed by atoms with Crippen LogP contribution in [0.1, 0.15) is 10.4 Å². The number of carbonyl (C=O) groups excluding carboxylic acids is 2. The molecule has 0 aliphatic carbocycles. The number of aldehydes is 1. The van der Waals surface area contributed by atoms with Gasteiger partial charge >= 0.3 is 0 Å². The number of carbonyl (C=O) groups is 2. The second kappa shape index (κ2) is 5.05.